The molecule has 100 valence electrons. The van der Waals surface area contributed by atoms with Gasteiger partial charge in [0.25, 0.3) is 5.69 Å². The first-order valence-electron chi connectivity index (χ1n) is 5.93. The van der Waals surface area contributed by atoms with Crippen LogP contribution in [-0.2, 0) is 5.41 Å². The lowest BCUT2D eigenvalue weighted by molar-refractivity contribution is -0.385. The van der Waals surface area contributed by atoms with E-state index in [4.69, 9.17) is 0 Å². The number of nitro groups is 1. The van der Waals surface area contributed by atoms with Crippen molar-refractivity contribution in [2.24, 2.45) is 0 Å². The minimum absolute atomic E-state index is 0.0547. The van der Waals surface area contributed by atoms with Crippen LogP contribution in [-0.4, -0.2) is 9.91 Å². The van der Waals surface area contributed by atoms with Gasteiger partial charge in [-0.25, -0.2) is 4.39 Å². The molecule has 1 aromatic heterocycles. The van der Waals surface area contributed by atoms with E-state index in [2.05, 4.69) is 4.98 Å². The van der Waals surface area contributed by atoms with Crippen LogP contribution >= 0.6 is 0 Å². The summed E-state index contributed by atoms with van der Waals surface area (Å²) in [4.78, 5) is 13.8. The van der Waals surface area contributed by atoms with Gasteiger partial charge in [-0.2, -0.15) is 0 Å². The van der Waals surface area contributed by atoms with Crippen molar-refractivity contribution >= 4 is 5.69 Å². The van der Waals surface area contributed by atoms with Crippen LogP contribution < -0.4 is 0 Å². The van der Waals surface area contributed by atoms with Gasteiger partial charge in [0.1, 0.15) is 11.5 Å². The summed E-state index contributed by atoms with van der Waals surface area (Å²) in [6, 6.07) is 5.63. The van der Waals surface area contributed by atoms with E-state index in [1.54, 1.807) is 6.20 Å². The van der Waals surface area contributed by atoms with Gasteiger partial charge in [0, 0.05) is 11.8 Å². The van der Waals surface area contributed by atoms with Crippen molar-refractivity contribution in [2.75, 3.05) is 0 Å². The lowest BCUT2D eigenvalue weighted by Crippen LogP contribution is -2.12. The zero-order valence-corrected chi connectivity index (χ0v) is 11.0. The van der Waals surface area contributed by atoms with Gasteiger partial charge in [0.15, 0.2) is 0 Å². The van der Waals surface area contributed by atoms with Crippen LogP contribution in [0.1, 0.15) is 26.3 Å². The largest absolute Gasteiger partial charge is 0.355 e. The van der Waals surface area contributed by atoms with Crippen molar-refractivity contribution in [1.29, 1.82) is 0 Å². The molecule has 0 saturated heterocycles. The van der Waals surface area contributed by atoms with E-state index < -0.39 is 4.92 Å². The van der Waals surface area contributed by atoms with E-state index in [0.717, 1.165) is 0 Å². The number of nitrogens with one attached hydrogen (secondary N) is 1. The fraction of sp³-hybridized carbons (Fsp3) is 0.286. The highest BCUT2D eigenvalue weighted by Crippen LogP contribution is 2.38. The SMILES string of the molecule is CC(C)(C)c1c[nH]c(-c2ccc(F)cc2)c1[N+](=O)[O-]. The summed E-state index contributed by atoms with van der Waals surface area (Å²) in [5, 5.41) is 11.3. The Morgan fingerprint density at radius 1 is 1.21 bits per heavy atom. The van der Waals surface area contributed by atoms with Gasteiger partial charge in [0.05, 0.1) is 10.5 Å². The normalized spacial score (nSPS) is 11.6. The van der Waals surface area contributed by atoms with E-state index in [1.807, 2.05) is 20.8 Å². The molecule has 0 saturated carbocycles. The summed E-state index contributed by atoms with van der Waals surface area (Å²) in [6.45, 7) is 5.74. The average Bonchev–Trinajstić information content (AvgIpc) is 2.74. The van der Waals surface area contributed by atoms with Crippen LogP contribution in [0.15, 0.2) is 30.5 Å². The predicted molar refractivity (Wildman–Crippen MR) is 71.5 cm³/mol. The van der Waals surface area contributed by atoms with Gasteiger partial charge < -0.3 is 4.98 Å². The van der Waals surface area contributed by atoms with E-state index in [9.17, 15) is 14.5 Å². The van der Waals surface area contributed by atoms with E-state index in [1.165, 1.54) is 24.3 Å². The topological polar surface area (TPSA) is 58.9 Å². The number of rotatable bonds is 2. The Labute approximate surface area is 110 Å². The first-order chi connectivity index (χ1) is 8.80. The van der Waals surface area contributed by atoms with Crippen molar-refractivity contribution in [2.45, 2.75) is 26.2 Å². The predicted octanol–water partition coefficient (Wildman–Crippen LogP) is 4.03. The maximum atomic E-state index is 12.9. The van der Waals surface area contributed by atoms with E-state index in [0.29, 0.717) is 16.8 Å². The number of aromatic amines is 1. The van der Waals surface area contributed by atoms with Gasteiger partial charge in [-0.05, 0) is 29.7 Å². The Kier molecular flexibility index (Phi) is 3.14. The molecule has 0 fully saturated rings. The second-order valence-electron chi connectivity index (χ2n) is 5.44. The van der Waals surface area contributed by atoms with Crippen LogP contribution in [0.5, 0.6) is 0 Å². The molecule has 2 rings (SSSR count). The molecule has 0 aliphatic carbocycles. The number of aromatic nitrogens is 1. The molecule has 1 N–H and O–H groups in total. The molecule has 4 nitrogen and oxygen atoms in total. The third-order valence-corrected chi connectivity index (χ3v) is 2.98. The molecule has 0 amide bonds. The minimum Gasteiger partial charge on any atom is -0.355 e. The zero-order valence-electron chi connectivity index (χ0n) is 11.0. The number of H-pyrrole nitrogens is 1. The van der Waals surface area contributed by atoms with Crippen molar-refractivity contribution in [3.63, 3.8) is 0 Å². The van der Waals surface area contributed by atoms with Gasteiger partial charge in [0.2, 0.25) is 0 Å². The van der Waals surface area contributed by atoms with Crippen LogP contribution in [0, 0.1) is 15.9 Å². The Hall–Kier alpha value is -2.17. The zero-order chi connectivity index (χ0) is 14.2. The number of nitrogens with zero attached hydrogens (tertiary/aromatic N) is 1. The quantitative estimate of drug-likeness (QED) is 0.656. The summed E-state index contributed by atoms with van der Waals surface area (Å²) in [7, 11) is 0. The molecule has 0 spiro atoms. The second kappa shape index (κ2) is 4.50. The average molecular weight is 262 g/mol. The number of hydrogen-bond acceptors (Lipinski definition) is 2. The fourth-order valence-electron chi connectivity index (χ4n) is 2.01. The third kappa shape index (κ3) is 2.50. The lowest BCUT2D eigenvalue weighted by Gasteiger charge is -2.15. The highest BCUT2D eigenvalue weighted by Gasteiger charge is 2.30. The molecule has 1 aromatic carbocycles. The highest BCUT2D eigenvalue weighted by molar-refractivity contribution is 5.73. The summed E-state index contributed by atoms with van der Waals surface area (Å²) in [6.07, 6.45) is 1.65. The van der Waals surface area contributed by atoms with Gasteiger partial charge in [-0.3, -0.25) is 10.1 Å². The van der Waals surface area contributed by atoms with E-state index >= 15 is 0 Å². The molecule has 0 aliphatic rings. The second-order valence-corrected chi connectivity index (χ2v) is 5.44. The lowest BCUT2D eigenvalue weighted by atomic mass is 9.87. The fourth-order valence-corrected chi connectivity index (χ4v) is 2.01. The van der Waals surface area contributed by atoms with Crippen LogP contribution in [0.4, 0.5) is 10.1 Å². The van der Waals surface area contributed by atoms with Gasteiger partial charge >= 0.3 is 0 Å². The molecule has 0 radical (unpaired) electrons. The van der Waals surface area contributed by atoms with Crippen LogP contribution in [0.2, 0.25) is 0 Å². The molecule has 0 unspecified atom stereocenters. The van der Waals surface area contributed by atoms with Gasteiger partial charge in [-0.1, -0.05) is 20.8 Å². The molecule has 0 bridgehead atoms. The maximum absolute atomic E-state index is 12.9. The molecule has 1 heterocycles. The Balaban J connectivity index is 2.62. The maximum Gasteiger partial charge on any atom is 0.298 e. The highest BCUT2D eigenvalue weighted by atomic mass is 19.1. The summed E-state index contributed by atoms with van der Waals surface area (Å²) in [5.41, 5.74) is 1.37. The number of benzene rings is 1. The van der Waals surface area contributed by atoms with Gasteiger partial charge in [-0.15, -0.1) is 0 Å². The standard InChI is InChI=1S/C14H15FN2O2/c1-14(2,3)11-8-16-12(13(11)17(18)19)9-4-6-10(15)7-5-9/h4-8,16H,1-3H3. The summed E-state index contributed by atoms with van der Waals surface area (Å²) in [5.74, 6) is -0.367. The third-order valence-electron chi connectivity index (χ3n) is 2.98. The van der Waals surface area contributed by atoms with Crippen molar-refractivity contribution in [1.82, 2.24) is 4.98 Å². The molecule has 19 heavy (non-hydrogen) atoms. The first kappa shape index (κ1) is 13.3. The van der Waals surface area contributed by atoms with Crippen molar-refractivity contribution in [3.05, 3.63) is 52.0 Å². The molecule has 0 aliphatic heterocycles. The molecule has 5 heteroatoms. The van der Waals surface area contributed by atoms with E-state index in [-0.39, 0.29) is 16.9 Å². The van der Waals surface area contributed by atoms with Crippen LogP contribution in [0.3, 0.4) is 0 Å². The molecule has 0 atom stereocenters. The Bertz CT molecular complexity index is 609. The summed E-state index contributed by atoms with van der Waals surface area (Å²) < 4.78 is 12.9. The minimum atomic E-state index is -0.393. The Morgan fingerprint density at radius 2 is 1.79 bits per heavy atom. The first-order valence-corrected chi connectivity index (χ1v) is 5.93. The van der Waals surface area contributed by atoms with Crippen LogP contribution in [0.25, 0.3) is 11.3 Å². The van der Waals surface area contributed by atoms with Crippen molar-refractivity contribution in [3.8, 4) is 11.3 Å². The number of hydrogen-bond donors (Lipinski definition) is 1. The Morgan fingerprint density at radius 3 is 2.26 bits per heavy atom. The monoisotopic (exact) mass is 262 g/mol. The molecular weight excluding hydrogens is 247 g/mol. The summed E-state index contributed by atoms with van der Waals surface area (Å²) >= 11 is 0. The van der Waals surface area contributed by atoms with Crippen molar-refractivity contribution < 1.29 is 9.31 Å². The molecular formula is C14H15FN2O2. The molecule has 2 aromatic rings. The number of halogens is 1. The smallest absolute Gasteiger partial charge is 0.298 e.